The minimum atomic E-state index is -0.369. The molecule has 0 saturated heterocycles. The van der Waals surface area contributed by atoms with Gasteiger partial charge in [-0.2, -0.15) is 0 Å². The Labute approximate surface area is 92.9 Å². The number of aromatic nitrogens is 1. The number of carbonyl (C=O) groups is 2. The highest BCUT2D eigenvalue weighted by Crippen LogP contribution is 2.10. The Morgan fingerprint density at radius 2 is 2.19 bits per heavy atom. The monoisotopic (exact) mass is 223 g/mol. The molecule has 2 N–H and O–H groups in total. The van der Waals surface area contributed by atoms with Crippen LogP contribution in [-0.2, 0) is 4.79 Å². The summed E-state index contributed by atoms with van der Waals surface area (Å²) < 4.78 is 0. The second-order valence-corrected chi connectivity index (χ2v) is 3.27. The molecule has 0 atom stereocenters. The molecule has 0 spiro atoms. The average Bonchev–Trinajstić information content (AvgIpc) is 2.27. The maximum absolute atomic E-state index is 11.7. The van der Waals surface area contributed by atoms with E-state index in [2.05, 4.69) is 10.3 Å². The highest BCUT2D eigenvalue weighted by molar-refractivity contribution is 5.96. The fraction of sp³-hybridized carbons (Fsp3) is 0.300. The van der Waals surface area contributed by atoms with Gasteiger partial charge in [0.2, 0.25) is 5.91 Å². The summed E-state index contributed by atoms with van der Waals surface area (Å²) in [6.07, 6.45) is 2.57. The molecule has 0 unspecified atom stereocenters. The minimum absolute atomic E-state index is 0.0367. The maximum Gasteiger partial charge on any atom is 0.255 e. The maximum atomic E-state index is 11.7. The molecule has 1 aromatic rings. The first-order valence-electron chi connectivity index (χ1n) is 4.64. The zero-order chi connectivity index (χ0) is 12.1. The number of aromatic hydroxyl groups is 1. The number of hydrogen-bond acceptors (Lipinski definition) is 4. The molecule has 86 valence electrons. The summed E-state index contributed by atoms with van der Waals surface area (Å²) in [6.45, 7) is -0.0367. The Bertz CT molecular complexity index is 406. The Morgan fingerprint density at radius 3 is 2.75 bits per heavy atom. The predicted molar refractivity (Wildman–Crippen MR) is 56.9 cm³/mol. The van der Waals surface area contributed by atoms with Gasteiger partial charge in [-0.15, -0.1) is 0 Å². The van der Waals surface area contributed by atoms with Gasteiger partial charge < -0.3 is 15.3 Å². The molecule has 0 aliphatic heterocycles. The molecule has 6 heteroatoms. The van der Waals surface area contributed by atoms with Gasteiger partial charge in [0.25, 0.3) is 5.91 Å². The topological polar surface area (TPSA) is 82.5 Å². The lowest BCUT2D eigenvalue weighted by atomic mass is 10.2. The molecule has 16 heavy (non-hydrogen) atoms. The normalized spacial score (nSPS) is 9.62. The molecule has 0 bridgehead atoms. The van der Waals surface area contributed by atoms with Crippen LogP contribution in [0.25, 0.3) is 0 Å². The van der Waals surface area contributed by atoms with E-state index < -0.39 is 0 Å². The lowest BCUT2D eigenvalue weighted by molar-refractivity contribution is -0.121. The van der Waals surface area contributed by atoms with Gasteiger partial charge in [0.1, 0.15) is 5.75 Å². The van der Waals surface area contributed by atoms with Crippen molar-refractivity contribution in [3.05, 3.63) is 24.0 Å². The van der Waals surface area contributed by atoms with E-state index in [4.69, 9.17) is 5.11 Å². The number of likely N-dealkylation sites (N-methyl/N-ethyl adjacent to an activating group) is 2. The van der Waals surface area contributed by atoms with E-state index in [0.717, 1.165) is 0 Å². The predicted octanol–water partition coefficient (Wildman–Crippen LogP) is -0.395. The second-order valence-electron chi connectivity index (χ2n) is 3.27. The summed E-state index contributed by atoms with van der Waals surface area (Å²) in [5.41, 5.74) is 0.242. The first-order valence-corrected chi connectivity index (χ1v) is 4.64. The summed E-state index contributed by atoms with van der Waals surface area (Å²) in [5.74, 6) is -0.713. The zero-order valence-corrected chi connectivity index (χ0v) is 9.10. The van der Waals surface area contributed by atoms with Crippen LogP contribution in [-0.4, -0.2) is 47.4 Å². The van der Waals surface area contributed by atoms with Crippen LogP contribution in [0.3, 0.4) is 0 Å². The van der Waals surface area contributed by atoms with E-state index in [1.54, 1.807) is 0 Å². The van der Waals surface area contributed by atoms with Gasteiger partial charge in [-0.3, -0.25) is 14.6 Å². The Hall–Kier alpha value is -2.11. The summed E-state index contributed by atoms with van der Waals surface area (Å²) in [7, 11) is 3.00. The number of nitrogens with one attached hydrogen (secondary N) is 1. The van der Waals surface area contributed by atoms with Gasteiger partial charge in [0.05, 0.1) is 18.3 Å². The Balaban J connectivity index is 2.74. The lowest BCUT2D eigenvalue weighted by Gasteiger charge is -2.15. The molecule has 0 aliphatic rings. The number of amides is 2. The number of nitrogens with zero attached hydrogens (tertiary/aromatic N) is 2. The van der Waals surface area contributed by atoms with Gasteiger partial charge in [0, 0.05) is 20.3 Å². The third kappa shape index (κ3) is 2.94. The second kappa shape index (κ2) is 5.11. The fourth-order valence-corrected chi connectivity index (χ4v) is 1.13. The van der Waals surface area contributed by atoms with Crippen LogP contribution < -0.4 is 5.32 Å². The van der Waals surface area contributed by atoms with Crippen LogP contribution in [0.5, 0.6) is 5.75 Å². The molecule has 1 aromatic heterocycles. The standard InChI is InChI=1S/C10H13N3O3/c1-11-9(15)6-13(2)10(16)7-3-8(14)5-12-4-7/h3-5,14H,6H2,1-2H3,(H,11,15). The van der Waals surface area contributed by atoms with E-state index in [0.29, 0.717) is 0 Å². The van der Waals surface area contributed by atoms with Crippen molar-refractivity contribution in [1.29, 1.82) is 0 Å². The lowest BCUT2D eigenvalue weighted by Crippen LogP contribution is -2.36. The summed E-state index contributed by atoms with van der Waals surface area (Å²) >= 11 is 0. The first kappa shape index (κ1) is 12.0. The molecule has 0 radical (unpaired) electrons. The van der Waals surface area contributed by atoms with Crippen molar-refractivity contribution in [2.45, 2.75) is 0 Å². The van der Waals surface area contributed by atoms with Crippen LogP contribution >= 0.6 is 0 Å². The summed E-state index contributed by atoms with van der Waals surface area (Å²) in [4.78, 5) is 27.7. The molecular weight excluding hydrogens is 210 g/mol. The molecule has 1 rings (SSSR count). The minimum Gasteiger partial charge on any atom is -0.506 e. The molecule has 0 aromatic carbocycles. The van der Waals surface area contributed by atoms with Gasteiger partial charge in [-0.25, -0.2) is 0 Å². The van der Waals surface area contributed by atoms with Crippen LogP contribution in [0, 0.1) is 0 Å². The van der Waals surface area contributed by atoms with E-state index in [9.17, 15) is 9.59 Å². The van der Waals surface area contributed by atoms with Crippen molar-refractivity contribution in [2.75, 3.05) is 20.6 Å². The molecule has 0 fully saturated rings. The van der Waals surface area contributed by atoms with E-state index in [1.165, 1.54) is 37.5 Å². The zero-order valence-electron chi connectivity index (χ0n) is 9.10. The molecule has 6 nitrogen and oxygen atoms in total. The van der Waals surface area contributed by atoms with Gasteiger partial charge in [-0.05, 0) is 6.07 Å². The fourth-order valence-electron chi connectivity index (χ4n) is 1.13. The van der Waals surface area contributed by atoms with Crippen LogP contribution in [0.15, 0.2) is 18.5 Å². The third-order valence-corrected chi connectivity index (χ3v) is 1.98. The van der Waals surface area contributed by atoms with Crippen molar-refractivity contribution in [3.8, 4) is 5.75 Å². The number of hydrogen-bond donors (Lipinski definition) is 2. The highest BCUT2D eigenvalue weighted by atomic mass is 16.3. The average molecular weight is 223 g/mol. The summed E-state index contributed by atoms with van der Waals surface area (Å²) in [5, 5.41) is 11.6. The van der Waals surface area contributed by atoms with Gasteiger partial charge in [0.15, 0.2) is 0 Å². The number of rotatable bonds is 3. The molecule has 0 saturated carbocycles. The molecule has 0 aliphatic carbocycles. The molecule has 2 amide bonds. The van der Waals surface area contributed by atoms with Crippen LogP contribution in [0.4, 0.5) is 0 Å². The first-order chi connectivity index (χ1) is 7.54. The Kier molecular flexibility index (Phi) is 3.82. The number of pyridine rings is 1. The largest absolute Gasteiger partial charge is 0.506 e. The Morgan fingerprint density at radius 1 is 1.50 bits per heavy atom. The smallest absolute Gasteiger partial charge is 0.255 e. The quantitative estimate of drug-likeness (QED) is 0.730. The van der Waals surface area contributed by atoms with Crippen molar-refractivity contribution < 1.29 is 14.7 Å². The highest BCUT2D eigenvalue weighted by Gasteiger charge is 2.14. The van der Waals surface area contributed by atoms with Gasteiger partial charge in [-0.1, -0.05) is 0 Å². The van der Waals surface area contributed by atoms with E-state index in [-0.39, 0.29) is 29.7 Å². The number of carbonyl (C=O) groups excluding carboxylic acids is 2. The van der Waals surface area contributed by atoms with Crippen molar-refractivity contribution in [3.63, 3.8) is 0 Å². The molecule has 1 heterocycles. The molecular formula is C10H13N3O3. The van der Waals surface area contributed by atoms with Crippen molar-refractivity contribution in [2.24, 2.45) is 0 Å². The van der Waals surface area contributed by atoms with Gasteiger partial charge >= 0.3 is 0 Å². The van der Waals surface area contributed by atoms with Crippen LogP contribution in [0.1, 0.15) is 10.4 Å². The van der Waals surface area contributed by atoms with E-state index >= 15 is 0 Å². The van der Waals surface area contributed by atoms with E-state index in [1.807, 2.05) is 0 Å². The van der Waals surface area contributed by atoms with Crippen molar-refractivity contribution >= 4 is 11.8 Å². The summed E-state index contributed by atoms with van der Waals surface area (Å²) in [6, 6.07) is 1.30. The van der Waals surface area contributed by atoms with Crippen LogP contribution in [0.2, 0.25) is 0 Å². The van der Waals surface area contributed by atoms with Crippen molar-refractivity contribution in [1.82, 2.24) is 15.2 Å². The third-order valence-electron chi connectivity index (χ3n) is 1.98. The SMILES string of the molecule is CNC(=O)CN(C)C(=O)c1cncc(O)c1.